The summed E-state index contributed by atoms with van der Waals surface area (Å²) in [5.74, 6) is 1.61. The lowest BCUT2D eigenvalue weighted by Crippen LogP contribution is -2.36. The van der Waals surface area contributed by atoms with Crippen LogP contribution >= 0.6 is 0 Å². The molecule has 9 nitrogen and oxygen atoms in total. The largest absolute Gasteiger partial charge is 0.488 e. The van der Waals surface area contributed by atoms with Crippen molar-refractivity contribution >= 4 is 22.5 Å². The number of ether oxygens (including phenoxy) is 3. The molecule has 6 rings (SSSR count). The molecular weight excluding hydrogens is 456 g/mol. The number of H-pyrrole nitrogens is 1. The molecule has 0 unspecified atom stereocenters. The molecule has 0 atom stereocenters. The van der Waals surface area contributed by atoms with E-state index in [1.807, 2.05) is 19.2 Å². The van der Waals surface area contributed by atoms with Crippen LogP contribution in [0.25, 0.3) is 33.8 Å². The monoisotopic (exact) mass is 486 g/mol. The minimum Gasteiger partial charge on any atom is -0.488 e. The van der Waals surface area contributed by atoms with Gasteiger partial charge in [0.2, 0.25) is 0 Å². The van der Waals surface area contributed by atoms with Crippen LogP contribution in [0.15, 0.2) is 48.8 Å². The molecule has 2 aliphatic rings. The Balaban J connectivity index is 1.28. The summed E-state index contributed by atoms with van der Waals surface area (Å²) < 4.78 is 17.2. The fourth-order valence-corrected chi connectivity index (χ4v) is 4.78. The maximum Gasteiger partial charge on any atom is 0.181 e. The van der Waals surface area contributed by atoms with Crippen LogP contribution < -0.4 is 15.0 Å². The molecule has 2 saturated heterocycles. The van der Waals surface area contributed by atoms with Crippen LogP contribution in [-0.4, -0.2) is 72.6 Å². The molecule has 0 bridgehead atoms. The Labute approximate surface area is 209 Å². The maximum atomic E-state index is 6.27. The van der Waals surface area contributed by atoms with Gasteiger partial charge in [0.25, 0.3) is 0 Å². The van der Waals surface area contributed by atoms with Crippen molar-refractivity contribution < 1.29 is 14.2 Å². The van der Waals surface area contributed by atoms with E-state index in [1.54, 1.807) is 6.33 Å². The highest BCUT2D eigenvalue weighted by Crippen LogP contribution is 2.34. The Morgan fingerprint density at radius 1 is 0.944 bits per heavy atom. The first-order valence-electron chi connectivity index (χ1n) is 12.5. The zero-order valence-corrected chi connectivity index (χ0v) is 20.4. The van der Waals surface area contributed by atoms with Gasteiger partial charge < -0.3 is 29.4 Å². The van der Waals surface area contributed by atoms with Crippen molar-refractivity contribution in [2.75, 3.05) is 56.8 Å². The fraction of sp³-hybridized carbons (Fsp3) is 0.370. The van der Waals surface area contributed by atoms with E-state index in [4.69, 9.17) is 19.2 Å². The molecule has 0 saturated carbocycles. The van der Waals surface area contributed by atoms with Crippen LogP contribution in [0.1, 0.15) is 12.8 Å². The number of aromatic amines is 1. The fourth-order valence-electron chi connectivity index (χ4n) is 4.78. The predicted octanol–water partition coefficient (Wildman–Crippen LogP) is 4.12. The first kappa shape index (κ1) is 22.8. The number of rotatable bonds is 6. The van der Waals surface area contributed by atoms with E-state index in [2.05, 4.69) is 55.5 Å². The first-order chi connectivity index (χ1) is 17.8. The standard InChI is InChI=1S/C27H30N6O3/c1-28-22-16-19(4-7-23(22)36-21-8-12-34-13-9-21)24-25-27(30-17-29-24)32-26(31-25)18-2-5-20(6-3-18)33-10-14-35-15-11-33/h2-7,16-17,21,28H,8-15H2,1H3,(H,29,30,31,32). The van der Waals surface area contributed by atoms with Gasteiger partial charge >= 0.3 is 0 Å². The van der Waals surface area contributed by atoms with Crippen LogP contribution in [-0.2, 0) is 9.47 Å². The Morgan fingerprint density at radius 2 is 1.69 bits per heavy atom. The number of imidazole rings is 1. The highest BCUT2D eigenvalue weighted by atomic mass is 16.5. The third kappa shape index (κ3) is 4.59. The molecule has 9 heteroatoms. The summed E-state index contributed by atoms with van der Waals surface area (Å²) in [6.45, 7) is 4.85. The quantitative estimate of drug-likeness (QED) is 0.420. The third-order valence-corrected chi connectivity index (χ3v) is 6.79. The van der Waals surface area contributed by atoms with Crippen LogP contribution in [0.2, 0.25) is 0 Å². The zero-order valence-electron chi connectivity index (χ0n) is 20.4. The molecule has 4 aromatic rings. The Kier molecular flexibility index (Phi) is 6.40. The zero-order chi connectivity index (χ0) is 24.3. The maximum absolute atomic E-state index is 6.27. The molecule has 0 spiro atoms. The van der Waals surface area contributed by atoms with Crippen LogP contribution in [0.5, 0.6) is 5.75 Å². The van der Waals surface area contributed by atoms with E-state index in [0.717, 1.165) is 92.0 Å². The van der Waals surface area contributed by atoms with Crippen molar-refractivity contribution in [2.24, 2.45) is 0 Å². The van der Waals surface area contributed by atoms with E-state index in [-0.39, 0.29) is 6.10 Å². The van der Waals surface area contributed by atoms with Gasteiger partial charge in [-0.1, -0.05) is 0 Å². The lowest BCUT2D eigenvalue weighted by Gasteiger charge is -2.28. The van der Waals surface area contributed by atoms with Gasteiger partial charge in [0, 0.05) is 49.8 Å². The first-order valence-corrected chi connectivity index (χ1v) is 12.5. The number of fused-ring (bicyclic) bond motifs is 1. The molecule has 4 heterocycles. The molecule has 0 aliphatic carbocycles. The minimum absolute atomic E-state index is 0.173. The smallest absolute Gasteiger partial charge is 0.181 e. The van der Waals surface area contributed by atoms with Gasteiger partial charge in [0.15, 0.2) is 5.65 Å². The van der Waals surface area contributed by atoms with Crippen LogP contribution in [0.4, 0.5) is 11.4 Å². The Hall–Kier alpha value is -3.69. The summed E-state index contributed by atoms with van der Waals surface area (Å²) in [7, 11) is 1.90. The SMILES string of the molecule is CNc1cc(-c2ncnc3nc(-c4ccc(N5CCOCC5)cc4)[nH]c23)ccc1OC1CCOCC1. The number of morpholine rings is 1. The van der Waals surface area contributed by atoms with Crippen molar-refractivity contribution in [2.45, 2.75) is 18.9 Å². The van der Waals surface area contributed by atoms with E-state index >= 15 is 0 Å². The lowest BCUT2D eigenvalue weighted by molar-refractivity contribution is 0.0258. The number of hydrogen-bond acceptors (Lipinski definition) is 8. The summed E-state index contributed by atoms with van der Waals surface area (Å²) in [5.41, 5.74) is 6.34. The normalized spacial score (nSPS) is 16.9. The average Bonchev–Trinajstić information content (AvgIpc) is 3.39. The molecule has 2 fully saturated rings. The number of aromatic nitrogens is 4. The van der Waals surface area contributed by atoms with Crippen molar-refractivity contribution in [3.63, 3.8) is 0 Å². The lowest BCUT2D eigenvalue weighted by atomic mass is 10.1. The van der Waals surface area contributed by atoms with E-state index < -0.39 is 0 Å². The molecule has 2 aromatic carbocycles. The number of benzene rings is 2. The highest BCUT2D eigenvalue weighted by Gasteiger charge is 2.19. The van der Waals surface area contributed by atoms with E-state index in [1.165, 1.54) is 5.69 Å². The Morgan fingerprint density at radius 3 is 2.47 bits per heavy atom. The molecule has 36 heavy (non-hydrogen) atoms. The van der Waals surface area contributed by atoms with Gasteiger partial charge in [0.1, 0.15) is 29.5 Å². The third-order valence-electron chi connectivity index (χ3n) is 6.79. The molecule has 186 valence electrons. The van der Waals surface area contributed by atoms with Gasteiger partial charge in [-0.2, -0.15) is 0 Å². The van der Waals surface area contributed by atoms with Gasteiger partial charge in [0.05, 0.1) is 37.8 Å². The average molecular weight is 487 g/mol. The molecule has 2 aromatic heterocycles. The van der Waals surface area contributed by atoms with Crippen LogP contribution in [0, 0.1) is 0 Å². The molecule has 2 N–H and O–H groups in total. The molecule has 0 amide bonds. The molecular formula is C27H30N6O3. The van der Waals surface area contributed by atoms with E-state index in [9.17, 15) is 0 Å². The summed E-state index contributed by atoms with van der Waals surface area (Å²) in [5, 5.41) is 3.27. The van der Waals surface area contributed by atoms with Crippen molar-refractivity contribution in [3.05, 3.63) is 48.8 Å². The van der Waals surface area contributed by atoms with Crippen molar-refractivity contribution in [3.8, 4) is 28.4 Å². The summed E-state index contributed by atoms with van der Waals surface area (Å²) in [6.07, 6.45) is 3.55. The summed E-state index contributed by atoms with van der Waals surface area (Å²) in [4.78, 5) is 19.6. The second kappa shape index (κ2) is 10.1. The number of anilines is 2. The predicted molar refractivity (Wildman–Crippen MR) is 140 cm³/mol. The van der Waals surface area contributed by atoms with Crippen molar-refractivity contribution in [1.82, 2.24) is 19.9 Å². The number of nitrogens with one attached hydrogen (secondary N) is 2. The van der Waals surface area contributed by atoms with Crippen molar-refractivity contribution in [1.29, 1.82) is 0 Å². The summed E-state index contributed by atoms with van der Waals surface area (Å²) in [6, 6.07) is 14.6. The van der Waals surface area contributed by atoms with Crippen LogP contribution in [0.3, 0.4) is 0 Å². The van der Waals surface area contributed by atoms with Gasteiger partial charge in [-0.05, 0) is 42.5 Å². The molecule has 2 aliphatic heterocycles. The summed E-state index contributed by atoms with van der Waals surface area (Å²) >= 11 is 0. The second-order valence-corrected chi connectivity index (χ2v) is 9.04. The van der Waals surface area contributed by atoms with Gasteiger partial charge in [-0.25, -0.2) is 15.0 Å². The second-order valence-electron chi connectivity index (χ2n) is 9.04. The van der Waals surface area contributed by atoms with E-state index in [0.29, 0.717) is 5.65 Å². The number of hydrogen-bond donors (Lipinski definition) is 2. The molecule has 0 radical (unpaired) electrons. The van der Waals surface area contributed by atoms with Gasteiger partial charge in [-0.15, -0.1) is 0 Å². The minimum atomic E-state index is 0.173. The highest BCUT2D eigenvalue weighted by molar-refractivity contribution is 5.90. The van der Waals surface area contributed by atoms with Gasteiger partial charge in [-0.3, -0.25) is 0 Å². The Bertz CT molecular complexity index is 1330. The number of nitrogens with zero attached hydrogens (tertiary/aromatic N) is 4. The topological polar surface area (TPSA) is 97.4 Å².